The highest BCUT2D eigenvalue weighted by molar-refractivity contribution is 9.10. The predicted molar refractivity (Wildman–Crippen MR) is 92.7 cm³/mol. The van der Waals surface area contributed by atoms with E-state index >= 15 is 0 Å². The first-order valence-corrected chi connectivity index (χ1v) is 9.17. The second kappa shape index (κ2) is 7.55. The maximum atomic E-state index is 12.8. The Morgan fingerprint density at radius 3 is 2.62 bits per heavy atom. The monoisotopic (exact) mass is 395 g/mol. The zero-order valence-electron chi connectivity index (χ0n) is 13.7. The molecular formula is C18H22BrNO4. The molecule has 3 atom stereocenters. The maximum absolute atomic E-state index is 12.8. The molecular weight excluding hydrogens is 374 g/mol. The lowest BCUT2D eigenvalue weighted by Crippen LogP contribution is -2.48. The van der Waals surface area contributed by atoms with Gasteiger partial charge in [-0.15, -0.1) is 0 Å². The lowest BCUT2D eigenvalue weighted by Gasteiger charge is -2.33. The highest BCUT2D eigenvalue weighted by Gasteiger charge is 2.47. The number of hydrogen-bond acceptors (Lipinski definition) is 4. The molecule has 0 radical (unpaired) electrons. The minimum Gasteiger partial charge on any atom is -0.484 e. The average molecular weight is 396 g/mol. The van der Waals surface area contributed by atoms with Gasteiger partial charge in [0.15, 0.2) is 6.61 Å². The van der Waals surface area contributed by atoms with Gasteiger partial charge in [0.1, 0.15) is 11.8 Å². The molecule has 1 aromatic carbocycles. The van der Waals surface area contributed by atoms with Crippen molar-refractivity contribution >= 4 is 27.8 Å². The molecule has 1 aliphatic carbocycles. The van der Waals surface area contributed by atoms with E-state index in [1.54, 1.807) is 4.90 Å². The molecule has 1 heterocycles. The normalized spacial score (nSPS) is 25.9. The van der Waals surface area contributed by atoms with Crippen LogP contribution in [-0.2, 0) is 14.3 Å². The number of benzene rings is 1. The summed E-state index contributed by atoms with van der Waals surface area (Å²) < 4.78 is 11.5. The number of rotatable bonds is 4. The maximum Gasteiger partial charge on any atom is 0.328 e. The van der Waals surface area contributed by atoms with Crippen LogP contribution in [-0.4, -0.2) is 42.6 Å². The van der Waals surface area contributed by atoms with E-state index in [1.807, 2.05) is 24.3 Å². The molecule has 1 aromatic rings. The van der Waals surface area contributed by atoms with Crippen molar-refractivity contribution in [3.05, 3.63) is 28.7 Å². The third-order valence-corrected chi connectivity index (χ3v) is 5.55. The Bertz CT molecular complexity index is 604. The van der Waals surface area contributed by atoms with E-state index in [0.717, 1.165) is 23.7 Å². The zero-order valence-corrected chi connectivity index (χ0v) is 15.3. The van der Waals surface area contributed by atoms with Gasteiger partial charge in [0.25, 0.3) is 5.91 Å². The first-order valence-electron chi connectivity index (χ1n) is 8.37. The Morgan fingerprint density at radius 2 is 1.92 bits per heavy atom. The fourth-order valence-electron chi connectivity index (χ4n) is 3.92. The van der Waals surface area contributed by atoms with E-state index in [0.29, 0.717) is 18.1 Å². The van der Waals surface area contributed by atoms with E-state index in [1.165, 1.54) is 13.5 Å². The summed E-state index contributed by atoms with van der Waals surface area (Å²) in [4.78, 5) is 26.6. The van der Waals surface area contributed by atoms with Crippen molar-refractivity contribution in [1.82, 2.24) is 4.90 Å². The number of carbonyl (C=O) groups excluding carboxylic acids is 2. The number of halogens is 1. The van der Waals surface area contributed by atoms with Gasteiger partial charge < -0.3 is 14.4 Å². The Balaban J connectivity index is 1.69. The number of likely N-dealkylation sites (tertiary alicyclic amines) is 1. The SMILES string of the molecule is COC(=O)C1CC2CCCCC2N1C(=O)COc1ccc(Br)cc1. The van der Waals surface area contributed by atoms with Crippen LogP contribution >= 0.6 is 15.9 Å². The van der Waals surface area contributed by atoms with Gasteiger partial charge in [-0.25, -0.2) is 4.79 Å². The largest absolute Gasteiger partial charge is 0.484 e. The third-order valence-electron chi connectivity index (χ3n) is 5.03. The number of amides is 1. The molecule has 6 heteroatoms. The Labute approximate surface area is 150 Å². The van der Waals surface area contributed by atoms with E-state index in [-0.39, 0.29) is 24.5 Å². The van der Waals surface area contributed by atoms with Crippen molar-refractivity contribution in [2.24, 2.45) is 5.92 Å². The van der Waals surface area contributed by atoms with E-state index in [4.69, 9.17) is 9.47 Å². The molecule has 2 fully saturated rings. The van der Waals surface area contributed by atoms with Gasteiger partial charge >= 0.3 is 5.97 Å². The van der Waals surface area contributed by atoms with Gasteiger partial charge in [-0.2, -0.15) is 0 Å². The third kappa shape index (κ3) is 3.58. The van der Waals surface area contributed by atoms with Gasteiger partial charge in [0.05, 0.1) is 7.11 Å². The van der Waals surface area contributed by atoms with Crippen molar-refractivity contribution in [3.63, 3.8) is 0 Å². The minimum atomic E-state index is -0.468. The van der Waals surface area contributed by atoms with Gasteiger partial charge in [-0.1, -0.05) is 28.8 Å². The fraction of sp³-hybridized carbons (Fsp3) is 0.556. The second-order valence-corrected chi connectivity index (χ2v) is 7.35. The van der Waals surface area contributed by atoms with Crippen LogP contribution in [0.15, 0.2) is 28.7 Å². The summed E-state index contributed by atoms with van der Waals surface area (Å²) in [6.07, 6.45) is 5.03. The molecule has 1 amide bonds. The van der Waals surface area contributed by atoms with Crippen LogP contribution in [0, 0.1) is 5.92 Å². The number of methoxy groups -OCH3 is 1. The lowest BCUT2D eigenvalue weighted by atomic mass is 9.85. The molecule has 24 heavy (non-hydrogen) atoms. The predicted octanol–water partition coefficient (Wildman–Crippen LogP) is 3.16. The first kappa shape index (κ1) is 17.3. The fourth-order valence-corrected chi connectivity index (χ4v) is 4.18. The molecule has 0 bridgehead atoms. The molecule has 0 N–H and O–H groups in total. The van der Waals surface area contributed by atoms with Gasteiger partial charge in [-0.3, -0.25) is 4.79 Å². The van der Waals surface area contributed by atoms with Crippen molar-refractivity contribution < 1.29 is 19.1 Å². The second-order valence-electron chi connectivity index (χ2n) is 6.43. The highest BCUT2D eigenvalue weighted by Crippen LogP contribution is 2.40. The standard InChI is InChI=1S/C18H22BrNO4/c1-23-18(22)16-10-12-4-2-3-5-15(12)20(16)17(21)11-24-14-8-6-13(19)7-9-14/h6-9,12,15-16H,2-5,10-11H2,1H3. The van der Waals surface area contributed by atoms with Crippen LogP contribution < -0.4 is 4.74 Å². The molecule has 3 rings (SSSR count). The molecule has 1 aliphatic heterocycles. The van der Waals surface area contributed by atoms with Crippen LogP contribution in [0.3, 0.4) is 0 Å². The van der Waals surface area contributed by atoms with Gasteiger partial charge in [0.2, 0.25) is 0 Å². The summed E-state index contributed by atoms with van der Waals surface area (Å²) in [5, 5.41) is 0. The van der Waals surface area contributed by atoms with Crippen molar-refractivity contribution in [1.29, 1.82) is 0 Å². The Hall–Kier alpha value is -1.56. The summed E-state index contributed by atoms with van der Waals surface area (Å²) in [7, 11) is 1.38. The topological polar surface area (TPSA) is 55.8 Å². The Kier molecular flexibility index (Phi) is 5.43. The van der Waals surface area contributed by atoms with Gasteiger partial charge in [-0.05, 0) is 49.4 Å². The molecule has 1 saturated carbocycles. The van der Waals surface area contributed by atoms with Crippen molar-refractivity contribution in [2.45, 2.75) is 44.2 Å². The summed E-state index contributed by atoms with van der Waals surface area (Å²) in [5.74, 6) is 0.587. The first-order chi connectivity index (χ1) is 11.6. The summed E-state index contributed by atoms with van der Waals surface area (Å²) >= 11 is 3.37. The molecule has 0 spiro atoms. The molecule has 0 aromatic heterocycles. The lowest BCUT2D eigenvalue weighted by molar-refractivity contribution is -0.153. The van der Waals surface area contributed by atoms with Crippen LogP contribution in [0.5, 0.6) is 5.75 Å². The number of carbonyl (C=O) groups is 2. The van der Waals surface area contributed by atoms with Crippen LogP contribution in [0.2, 0.25) is 0 Å². The Morgan fingerprint density at radius 1 is 1.21 bits per heavy atom. The van der Waals surface area contributed by atoms with Crippen LogP contribution in [0.4, 0.5) is 0 Å². The summed E-state index contributed by atoms with van der Waals surface area (Å²) in [5.41, 5.74) is 0. The minimum absolute atomic E-state index is 0.0572. The van der Waals surface area contributed by atoms with Crippen LogP contribution in [0.1, 0.15) is 32.1 Å². The quantitative estimate of drug-likeness (QED) is 0.734. The van der Waals surface area contributed by atoms with E-state index < -0.39 is 6.04 Å². The van der Waals surface area contributed by atoms with Crippen molar-refractivity contribution in [3.8, 4) is 5.75 Å². The molecule has 2 aliphatic rings. The number of nitrogens with zero attached hydrogens (tertiary/aromatic N) is 1. The van der Waals surface area contributed by atoms with E-state index in [2.05, 4.69) is 15.9 Å². The number of esters is 1. The molecule has 3 unspecified atom stereocenters. The number of fused-ring (bicyclic) bond motifs is 1. The van der Waals surface area contributed by atoms with Crippen molar-refractivity contribution in [2.75, 3.05) is 13.7 Å². The molecule has 130 valence electrons. The zero-order chi connectivity index (χ0) is 17.1. The van der Waals surface area contributed by atoms with Gasteiger partial charge in [0, 0.05) is 10.5 Å². The smallest absolute Gasteiger partial charge is 0.328 e. The molecule has 1 saturated heterocycles. The summed E-state index contributed by atoms with van der Waals surface area (Å²) in [6, 6.07) is 7.02. The summed E-state index contributed by atoms with van der Waals surface area (Å²) in [6.45, 7) is -0.0572. The van der Waals surface area contributed by atoms with E-state index in [9.17, 15) is 9.59 Å². The number of ether oxygens (including phenoxy) is 2. The van der Waals surface area contributed by atoms with Crippen LogP contribution in [0.25, 0.3) is 0 Å². The number of hydrogen-bond donors (Lipinski definition) is 0. The molecule has 5 nitrogen and oxygen atoms in total. The highest BCUT2D eigenvalue weighted by atomic mass is 79.9. The average Bonchev–Trinajstić information content (AvgIpc) is 3.00.